The number of rotatable bonds is 5. The van der Waals surface area contributed by atoms with Crippen molar-refractivity contribution in [1.82, 2.24) is 5.32 Å². The monoisotopic (exact) mass is 278 g/mol. The molecule has 1 aliphatic rings. The topological polar surface area (TPSA) is 59.6 Å². The van der Waals surface area contributed by atoms with Gasteiger partial charge in [-0.05, 0) is 37.1 Å². The Kier molecular flexibility index (Phi) is 5.38. The van der Waals surface area contributed by atoms with Gasteiger partial charge in [0.05, 0.1) is 13.2 Å². The first-order chi connectivity index (χ1) is 9.70. The molecule has 1 saturated heterocycles. The van der Waals surface area contributed by atoms with Crippen molar-refractivity contribution in [2.24, 2.45) is 0 Å². The van der Waals surface area contributed by atoms with E-state index >= 15 is 0 Å². The number of benzene rings is 1. The van der Waals surface area contributed by atoms with Crippen molar-refractivity contribution in [3.8, 4) is 5.75 Å². The largest absolute Gasteiger partial charge is 0.494 e. The SMILES string of the molecule is CCCOc1ccc(NC(=O)C2CNCCO2)c(C)c1. The van der Waals surface area contributed by atoms with E-state index in [-0.39, 0.29) is 5.91 Å². The predicted octanol–water partition coefficient (Wildman–Crippen LogP) is 1.71. The van der Waals surface area contributed by atoms with Crippen molar-refractivity contribution in [1.29, 1.82) is 0 Å². The Morgan fingerprint density at radius 1 is 1.55 bits per heavy atom. The lowest BCUT2D eigenvalue weighted by atomic mass is 10.1. The Hall–Kier alpha value is -1.59. The number of nitrogens with one attached hydrogen (secondary N) is 2. The van der Waals surface area contributed by atoms with Crippen LogP contribution >= 0.6 is 0 Å². The van der Waals surface area contributed by atoms with E-state index in [0.29, 0.717) is 19.8 Å². The van der Waals surface area contributed by atoms with E-state index < -0.39 is 6.10 Å². The lowest BCUT2D eigenvalue weighted by Crippen LogP contribution is -2.45. The van der Waals surface area contributed by atoms with Gasteiger partial charge in [-0.25, -0.2) is 0 Å². The van der Waals surface area contributed by atoms with Crippen molar-refractivity contribution in [3.05, 3.63) is 23.8 Å². The van der Waals surface area contributed by atoms with Crippen LogP contribution in [-0.2, 0) is 9.53 Å². The number of amides is 1. The molecule has 1 aliphatic heterocycles. The molecule has 1 heterocycles. The molecule has 1 aromatic rings. The summed E-state index contributed by atoms with van der Waals surface area (Å²) in [4.78, 5) is 12.1. The molecule has 0 aliphatic carbocycles. The van der Waals surface area contributed by atoms with Crippen LogP contribution in [0.5, 0.6) is 5.75 Å². The fraction of sp³-hybridized carbons (Fsp3) is 0.533. The Morgan fingerprint density at radius 2 is 2.40 bits per heavy atom. The zero-order chi connectivity index (χ0) is 14.4. The minimum absolute atomic E-state index is 0.109. The third kappa shape index (κ3) is 3.95. The Balaban J connectivity index is 1.96. The minimum atomic E-state index is -0.417. The van der Waals surface area contributed by atoms with Gasteiger partial charge in [-0.2, -0.15) is 0 Å². The lowest BCUT2D eigenvalue weighted by molar-refractivity contribution is -0.128. The first-order valence-corrected chi connectivity index (χ1v) is 7.07. The molecule has 2 N–H and O–H groups in total. The van der Waals surface area contributed by atoms with Gasteiger partial charge in [-0.1, -0.05) is 6.92 Å². The lowest BCUT2D eigenvalue weighted by Gasteiger charge is -2.23. The summed E-state index contributed by atoms with van der Waals surface area (Å²) in [5.74, 6) is 0.723. The van der Waals surface area contributed by atoms with E-state index in [0.717, 1.165) is 30.0 Å². The van der Waals surface area contributed by atoms with Crippen molar-refractivity contribution in [2.45, 2.75) is 26.4 Å². The molecule has 0 saturated carbocycles. The number of aryl methyl sites for hydroxylation is 1. The van der Waals surface area contributed by atoms with Crippen molar-refractivity contribution in [2.75, 3.05) is 31.6 Å². The summed E-state index contributed by atoms with van der Waals surface area (Å²) in [6.07, 6.45) is 0.558. The van der Waals surface area contributed by atoms with Gasteiger partial charge in [0.1, 0.15) is 11.9 Å². The molecule has 0 aromatic heterocycles. The second-order valence-electron chi connectivity index (χ2n) is 4.88. The molecular weight excluding hydrogens is 256 g/mol. The highest BCUT2D eigenvalue weighted by Crippen LogP contribution is 2.22. The van der Waals surface area contributed by atoms with Crippen LogP contribution in [-0.4, -0.2) is 38.3 Å². The summed E-state index contributed by atoms with van der Waals surface area (Å²) < 4.78 is 11.0. The number of ether oxygens (including phenoxy) is 2. The van der Waals surface area contributed by atoms with Crippen LogP contribution in [0.1, 0.15) is 18.9 Å². The van der Waals surface area contributed by atoms with Crippen LogP contribution in [0.15, 0.2) is 18.2 Å². The molecule has 1 aromatic carbocycles. The average Bonchev–Trinajstić information content (AvgIpc) is 2.48. The summed E-state index contributed by atoms with van der Waals surface area (Å²) in [6, 6.07) is 5.68. The van der Waals surface area contributed by atoms with Crippen molar-refractivity contribution < 1.29 is 14.3 Å². The summed E-state index contributed by atoms with van der Waals surface area (Å²) in [5, 5.41) is 6.05. The Bertz CT molecular complexity index is 456. The third-order valence-electron chi connectivity index (χ3n) is 3.15. The standard InChI is InChI=1S/C15H22N2O3/c1-3-7-19-12-4-5-13(11(2)9-12)17-15(18)14-10-16-6-8-20-14/h4-5,9,14,16H,3,6-8,10H2,1-2H3,(H,17,18). The summed E-state index contributed by atoms with van der Waals surface area (Å²) in [7, 11) is 0. The molecular formula is C15H22N2O3. The van der Waals surface area contributed by atoms with Crippen molar-refractivity contribution in [3.63, 3.8) is 0 Å². The van der Waals surface area contributed by atoms with Gasteiger partial charge >= 0.3 is 0 Å². The summed E-state index contributed by atoms with van der Waals surface area (Å²) in [5.41, 5.74) is 1.78. The van der Waals surface area contributed by atoms with E-state index in [1.165, 1.54) is 0 Å². The maximum absolute atomic E-state index is 12.1. The van der Waals surface area contributed by atoms with Crippen LogP contribution in [0.25, 0.3) is 0 Å². The second kappa shape index (κ2) is 7.26. The van der Waals surface area contributed by atoms with Gasteiger partial charge in [-0.3, -0.25) is 4.79 Å². The molecule has 0 spiro atoms. The molecule has 20 heavy (non-hydrogen) atoms. The first kappa shape index (κ1) is 14.8. The highest BCUT2D eigenvalue weighted by molar-refractivity contribution is 5.95. The summed E-state index contributed by atoms with van der Waals surface area (Å²) in [6.45, 7) is 6.65. The normalized spacial score (nSPS) is 18.6. The number of carbonyl (C=O) groups excluding carboxylic acids is 1. The maximum atomic E-state index is 12.1. The van der Waals surface area contributed by atoms with Crippen molar-refractivity contribution >= 4 is 11.6 Å². The molecule has 1 fully saturated rings. The smallest absolute Gasteiger partial charge is 0.254 e. The number of hydrogen-bond acceptors (Lipinski definition) is 4. The van der Waals surface area contributed by atoms with E-state index in [2.05, 4.69) is 17.6 Å². The molecule has 0 bridgehead atoms. The number of hydrogen-bond donors (Lipinski definition) is 2. The van der Waals surface area contributed by atoms with Gasteiger partial charge in [0.25, 0.3) is 5.91 Å². The fourth-order valence-corrected chi connectivity index (χ4v) is 2.03. The van der Waals surface area contributed by atoms with Crippen LogP contribution in [0.2, 0.25) is 0 Å². The Morgan fingerprint density at radius 3 is 3.05 bits per heavy atom. The molecule has 1 atom stereocenters. The van der Waals surface area contributed by atoms with Gasteiger partial charge in [-0.15, -0.1) is 0 Å². The highest BCUT2D eigenvalue weighted by Gasteiger charge is 2.22. The van der Waals surface area contributed by atoms with E-state index in [9.17, 15) is 4.79 Å². The maximum Gasteiger partial charge on any atom is 0.254 e. The molecule has 110 valence electrons. The molecule has 5 nitrogen and oxygen atoms in total. The van der Waals surface area contributed by atoms with E-state index in [1.807, 2.05) is 25.1 Å². The van der Waals surface area contributed by atoms with Gasteiger partial charge < -0.3 is 20.1 Å². The van der Waals surface area contributed by atoms with Crippen LogP contribution < -0.4 is 15.4 Å². The predicted molar refractivity (Wildman–Crippen MR) is 78.2 cm³/mol. The molecule has 0 radical (unpaired) electrons. The quantitative estimate of drug-likeness (QED) is 0.861. The van der Waals surface area contributed by atoms with Gasteiger partial charge in [0.15, 0.2) is 0 Å². The molecule has 1 unspecified atom stereocenters. The second-order valence-corrected chi connectivity index (χ2v) is 4.88. The average molecular weight is 278 g/mol. The van der Waals surface area contributed by atoms with E-state index in [1.54, 1.807) is 0 Å². The van der Waals surface area contributed by atoms with Crippen LogP contribution in [0.3, 0.4) is 0 Å². The zero-order valence-corrected chi connectivity index (χ0v) is 12.1. The highest BCUT2D eigenvalue weighted by atomic mass is 16.5. The molecule has 1 amide bonds. The number of anilines is 1. The number of carbonyl (C=O) groups is 1. The van der Waals surface area contributed by atoms with Gasteiger partial charge in [0, 0.05) is 18.8 Å². The third-order valence-corrected chi connectivity index (χ3v) is 3.15. The van der Waals surface area contributed by atoms with Gasteiger partial charge in [0.2, 0.25) is 0 Å². The minimum Gasteiger partial charge on any atom is -0.494 e. The van der Waals surface area contributed by atoms with E-state index in [4.69, 9.17) is 9.47 Å². The molecule has 5 heteroatoms. The van der Waals surface area contributed by atoms with Crippen LogP contribution in [0, 0.1) is 6.92 Å². The summed E-state index contributed by atoms with van der Waals surface area (Å²) >= 11 is 0. The fourth-order valence-electron chi connectivity index (χ4n) is 2.03. The first-order valence-electron chi connectivity index (χ1n) is 7.07. The molecule has 2 rings (SSSR count). The number of morpholine rings is 1. The van der Waals surface area contributed by atoms with Crippen LogP contribution in [0.4, 0.5) is 5.69 Å². The Labute approximate surface area is 119 Å². The zero-order valence-electron chi connectivity index (χ0n) is 12.1.